The molecule has 0 spiro atoms. The van der Waals surface area contributed by atoms with Crippen molar-refractivity contribution < 1.29 is 0 Å². The summed E-state index contributed by atoms with van der Waals surface area (Å²) in [5, 5.41) is 0. The van der Waals surface area contributed by atoms with E-state index in [2.05, 4.69) is 39.1 Å². The molecule has 2 heterocycles. The molecule has 0 saturated carbocycles. The van der Waals surface area contributed by atoms with Crippen LogP contribution in [-0.2, 0) is 13.0 Å². The molecule has 0 N–H and O–H groups in total. The van der Waals surface area contributed by atoms with Crippen molar-refractivity contribution >= 4 is 5.82 Å². The average molecular weight is 211 g/mol. The third-order valence-corrected chi connectivity index (χ3v) is 3.02. The number of benzene rings is 1. The van der Waals surface area contributed by atoms with Crippen molar-refractivity contribution in [2.45, 2.75) is 13.0 Å². The van der Waals surface area contributed by atoms with Gasteiger partial charge in [-0.1, -0.05) is 24.3 Å². The summed E-state index contributed by atoms with van der Waals surface area (Å²) < 4.78 is 0. The Labute approximate surface area is 94.8 Å². The second-order valence-corrected chi connectivity index (χ2v) is 4.01. The van der Waals surface area contributed by atoms with Crippen LogP contribution in [0.25, 0.3) is 0 Å². The van der Waals surface area contributed by atoms with Crippen LogP contribution in [0.2, 0.25) is 0 Å². The van der Waals surface area contributed by atoms with Crippen LogP contribution in [0.3, 0.4) is 0 Å². The van der Waals surface area contributed by atoms with E-state index in [9.17, 15) is 0 Å². The molecule has 0 unspecified atom stereocenters. The van der Waals surface area contributed by atoms with Gasteiger partial charge in [-0.25, -0.2) is 9.97 Å². The smallest absolute Gasteiger partial charge is 0.132 e. The second-order valence-electron chi connectivity index (χ2n) is 4.01. The number of aromatic nitrogens is 2. The molecule has 0 aliphatic carbocycles. The SMILES string of the molecule is c1ccc2c(c1)CCN(c1ccncn1)C2. The zero-order chi connectivity index (χ0) is 10.8. The molecule has 1 aromatic carbocycles. The predicted molar refractivity (Wildman–Crippen MR) is 63.2 cm³/mol. The van der Waals surface area contributed by atoms with Crippen LogP contribution in [0.5, 0.6) is 0 Å². The summed E-state index contributed by atoms with van der Waals surface area (Å²) >= 11 is 0. The highest BCUT2D eigenvalue weighted by molar-refractivity contribution is 5.42. The van der Waals surface area contributed by atoms with Gasteiger partial charge in [-0.05, 0) is 23.6 Å². The molecule has 16 heavy (non-hydrogen) atoms. The summed E-state index contributed by atoms with van der Waals surface area (Å²) in [5.74, 6) is 1.02. The summed E-state index contributed by atoms with van der Waals surface area (Å²) in [7, 11) is 0. The molecular formula is C13H13N3. The van der Waals surface area contributed by atoms with E-state index in [0.717, 1.165) is 25.3 Å². The van der Waals surface area contributed by atoms with E-state index in [0.29, 0.717) is 0 Å². The van der Waals surface area contributed by atoms with Gasteiger partial charge in [0.05, 0.1) is 0 Å². The molecule has 2 aromatic rings. The molecule has 0 radical (unpaired) electrons. The lowest BCUT2D eigenvalue weighted by Crippen LogP contribution is -2.30. The van der Waals surface area contributed by atoms with E-state index >= 15 is 0 Å². The van der Waals surface area contributed by atoms with Crippen molar-refractivity contribution in [3.8, 4) is 0 Å². The highest BCUT2D eigenvalue weighted by Gasteiger charge is 2.16. The molecule has 1 aromatic heterocycles. The fourth-order valence-electron chi connectivity index (χ4n) is 2.16. The number of anilines is 1. The summed E-state index contributed by atoms with van der Waals surface area (Å²) in [4.78, 5) is 10.5. The number of nitrogens with zero attached hydrogens (tertiary/aromatic N) is 3. The van der Waals surface area contributed by atoms with Gasteiger partial charge in [-0.15, -0.1) is 0 Å². The Morgan fingerprint density at radius 1 is 1.06 bits per heavy atom. The molecule has 3 heteroatoms. The summed E-state index contributed by atoms with van der Waals surface area (Å²) in [6, 6.07) is 10.6. The van der Waals surface area contributed by atoms with E-state index in [4.69, 9.17) is 0 Å². The van der Waals surface area contributed by atoms with Crippen molar-refractivity contribution in [3.63, 3.8) is 0 Å². The maximum Gasteiger partial charge on any atom is 0.132 e. The zero-order valence-corrected chi connectivity index (χ0v) is 9.00. The first-order chi connectivity index (χ1) is 7.93. The molecule has 0 bridgehead atoms. The second kappa shape index (κ2) is 3.93. The third-order valence-electron chi connectivity index (χ3n) is 3.02. The van der Waals surface area contributed by atoms with E-state index in [1.807, 2.05) is 6.07 Å². The summed E-state index contributed by atoms with van der Waals surface area (Å²) in [6.07, 6.45) is 4.50. The fourth-order valence-corrected chi connectivity index (χ4v) is 2.16. The van der Waals surface area contributed by atoms with Crippen LogP contribution < -0.4 is 4.90 Å². The van der Waals surface area contributed by atoms with E-state index in [-0.39, 0.29) is 0 Å². The van der Waals surface area contributed by atoms with Crippen LogP contribution >= 0.6 is 0 Å². The minimum absolute atomic E-state index is 0.952. The molecule has 1 aliphatic heterocycles. The van der Waals surface area contributed by atoms with E-state index in [1.165, 1.54) is 11.1 Å². The van der Waals surface area contributed by atoms with Crippen LogP contribution in [0.4, 0.5) is 5.82 Å². The van der Waals surface area contributed by atoms with Crippen LogP contribution in [0, 0.1) is 0 Å². The first-order valence-electron chi connectivity index (χ1n) is 5.51. The van der Waals surface area contributed by atoms with Gasteiger partial charge in [0.2, 0.25) is 0 Å². The van der Waals surface area contributed by atoms with Gasteiger partial charge in [-0.2, -0.15) is 0 Å². The molecule has 3 nitrogen and oxygen atoms in total. The van der Waals surface area contributed by atoms with Gasteiger partial charge in [0, 0.05) is 19.3 Å². The van der Waals surface area contributed by atoms with Gasteiger partial charge in [0.1, 0.15) is 12.1 Å². The topological polar surface area (TPSA) is 29.0 Å². The molecule has 0 saturated heterocycles. The van der Waals surface area contributed by atoms with Crippen molar-refractivity contribution in [3.05, 3.63) is 54.0 Å². The largest absolute Gasteiger partial charge is 0.352 e. The Morgan fingerprint density at radius 3 is 2.75 bits per heavy atom. The van der Waals surface area contributed by atoms with Crippen molar-refractivity contribution in [2.75, 3.05) is 11.4 Å². The fraction of sp³-hybridized carbons (Fsp3) is 0.231. The normalized spacial score (nSPS) is 14.6. The molecule has 0 fully saturated rings. The van der Waals surface area contributed by atoms with Gasteiger partial charge in [0.15, 0.2) is 0 Å². The van der Waals surface area contributed by atoms with Crippen molar-refractivity contribution in [1.29, 1.82) is 0 Å². The van der Waals surface area contributed by atoms with Gasteiger partial charge in [-0.3, -0.25) is 0 Å². The van der Waals surface area contributed by atoms with Gasteiger partial charge >= 0.3 is 0 Å². The van der Waals surface area contributed by atoms with Crippen LogP contribution in [0.15, 0.2) is 42.9 Å². The maximum atomic E-state index is 4.29. The highest BCUT2D eigenvalue weighted by atomic mass is 15.2. The Morgan fingerprint density at radius 2 is 1.94 bits per heavy atom. The first-order valence-corrected chi connectivity index (χ1v) is 5.51. The molecule has 1 aliphatic rings. The lowest BCUT2D eigenvalue weighted by Gasteiger charge is -2.29. The maximum absolute atomic E-state index is 4.29. The Kier molecular flexibility index (Phi) is 2.29. The Hall–Kier alpha value is -1.90. The molecule has 3 rings (SSSR count). The lowest BCUT2D eigenvalue weighted by molar-refractivity contribution is 0.719. The monoisotopic (exact) mass is 211 g/mol. The van der Waals surface area contributed by atoms with Crippen molar-refractivity contribution in [2.24, 2.45) is 0 Å². The first kappa shape index (κ1) is 9.33. The highest BCUT2D eigenvalue weighted by Crippen LogP contribution is 2.21. The Bertz CT molecular complexity index is 482. The van der Waals surface area contributed by atoms with Gasteiger partial charge < -0.3 is 4.90 Å². The number of fused-ring (bicyclic) bond motifs is 1. The lowest BCUT2D eigenvalue weighted by atomic mass is 10.00. The van der Waals surface area contributed by atoms with E-state index in [1.54, 1.807) is 12.5 Å². The minimum Gasteiger partial charge on any atom is -0.352 e. The van der Waals surface area contributed by atoms with Crippen molar-refractivity contribution in [1.82, 2.24) is 9.97 Å². The van der Waals surface area contributed by atoms with Gasteiger partial charge in [0.25, 0.3) is 0 Å². The quantitative estimate of drug-likeness (QED) is 0.722. The number of hydrogen-bond donors (Lipinski definition) is 0. The summed E-state index contributed by atoms with van der Waals surface area (Å²) in [6.45, 7) is 1.99. The molecule has 0 atom stereocenters. The van der Waals surface area contributed by atoms with Crippen LogP contribution in [0.1, 0.15) is 11.1 Å². The molecular weight excluding hydrogens is 198 g/mol. The zero-order valence-electron chi connectivity index (χ0n) is 9.00. The Balaban J connectivity index is 1.89. The van der Waals surface area contributed by atoms with E-state index < -0.39 is 0 Å². The molecule has 80 valence electrons. The molecule has 0 amide bonds. The van der Waals surface area contributed by atoms with Crippen LogP contribution in [-0.4, -0.2) is 16.5 Å². The predicted octanol–water partition coefficient (Wildman–Crippen LogP) is 2.04. The standard InChI is InChI=1S/C13H13N3/c1-2-4-12-9-16(8-6-11(12)3-1)13-5-7-14-10-15-13/h1-5,7,10H,6,8-9H2. The minimum atomic E-state index is 0.952. The number of rotatable bonds is 1. The summed E-state index contributed by atoms with van der Waals surface area (Å²) in [5.41, 5.74) is 2.88. The number of hydrogen-bond acceptors (Lipinski definition) is 3. The third kappa shape index (κ3) is 1.65. The average Bonchev–Trinajstić information content (AvgIpc) is 2.39.